The van der Waals surface area contributed by atoms with E-state index in [4.69, 9.17) is 0 Å². The monoisotopic (exact) mass is 433 g/mol. The molecule has 1 aliphatic carbocycles. The number of nitro groups is 1. The summed E-state index contributed by atoms with van der Waals surface area (Å²) in [5.41, 5.74) is 1.22. The molecule has 4 aromatic rings. The number of aryl methyl sites for hydroxylation is 2. The van der Waals surface area contributed by atoms with Crippen LogP contribution in [0.3, 0.4) is 0 Å². The molecule has 0 aliphatic heterocycles. The van der Waals surface area contributed by atoms with Crippen molar-refractivity contribution in [2.24, 2.45) is 0 Å². The van der Waals surface area contributed by atoms with Gasteiger partial charge in [-0.1, -0.05) is 6.07 Å². The predicted molar refractivity (Wildman–Crippen MR) is 115 cm³/mol. The minimum atomic E-state index is -0.575. The number of hydrogen-bond donors (Lipinski definition) is 1. The molecule has 2 heterocycles. The zero-order valence-corrected chi connectivity index (χ0v) is 16.9. The summed E-state index contributed by atoms with van der Waals surface area (Å²) >= 11 is 1.27. The van der Waals surface area contributed by atoms with Gasteiger partial charge in [0.25, 0.3) is 11.2 Å². The first kappa shape index (κ1) is 19.1. The summed E-state index contributed by atoms with van der Waals surface area (Å²) in [5, 5.41) is 28.9. The first-order valence-corrected chi connectivity index (χ1v) is 10.5. The molecule has 0 amide bonds. The number of hydrogen-bond acceptors (Lipinski definition) is 7. The molecule has 0 bridgehead atoms. The predicted octanol–water partition coefficient (Wildman–Crippen LogP) is 3.78. The van der Waals surface area contributed by atoms with E-state index in [1.807, 2.05) is 0 Å². The van der Waals surface area contributed by atoms with Gasteiger partial charge in [-0.25, -0.2) is 0 Å². The van der Waals surface area contributed by atoms with Gasteiger partial charge in [-0.2, -0.15) is 9.78 Å². The highest BCUT2D eigenvalue weighted by molar-refractivity contribution is 7.12. The number of nitro benzene ring substituents is 1. The Morgan fingerprint density at radius 1 is 1.16 bits per heavy atom. The van der Waals surface area contributed by atoms with Crippen LogP contribution in [-0.2, 0) is 12.8 Å². The van der Waals surface area contributed by atoms with Crippen molar-refractivity contribution in [1.82, 2.24) is 9.78 Å². The van der Waals surface area contributed by atoms with Gasteiger partial charge >= 0.3 is 0 Å². The molecule has 0 radical (unpaired) electrons. The highest BCUT2D eigenvalue weighted by Crippen LogP contribution is 2.36. The van der Waals surface area contributed by atoms with Crippen LogP contribution in [0, 0.1) is 10.1 Å². The van der Waals surface area contributed by atoms with E-state index < -0.39 is 10.5 Å². The Kier molecular flexibility index (Phi) is 4.40. The van der Waals surface area contributed by atoms with Gasteiger partial charge in [-0.15, -0.1) is 11.3 Å². The van der Waals surface area contributed by atoms with Crippen LogP contribution in [-0.4, -0.2) is 25.6 Å². The van der Waals surface area contributed by atoms with Gasteiger partial charge in [0.2, 0.25) is 5.78 Å². The molecule has 0 spiro atoms. The Hall–Kier alpha value is -3.85. The zero-order valence-electron chi connectivity index (χ0n) is 16.1. The van der Waals surface area contributed by atoms with Crippen LogP contribution in [0.1, 0.15) is 32.9 Å². The molecule has 0 unspecified atom stereocenters. The van der Waals surface area contributed by atoms with Crippen molar-refractivity contribution in [3.8, 4) is 11.4 Å². The molecule has 9 heteroatoms. The fraction of sp³-hybridized carbons (Fsp3) is 0.136. The second-order valence-electron chi connectivity index (χ2n) is 7.28. The lowest BCUT2D eigenvalue weighted by molar-refractivity contribution is -0.384. The van der Waals surface area contributed by atoms with Crippen LogP contribution >= 0.6 is 11.3 Å². The molecule has 154 valence electrons. The van der Waals surface area contributed by atoms with Crippen LogP contribution in [0.15, 0.2) is 52.6 Å². The minimum absolute atomic E-state index is 0.0560. The van der Waals surface area contributed by atoms with Crippen LogP contribution in [0.4, 0.5) is 5.69 Å². The summed E-state index contributed by atoms with van der Waals surface area (Å²) in [6.45, 7) is 0. The minimum Gasteiger partial charge on any atom is -0.506 e. The summed E-state index contributed by atoms with van der Waals surface area (Å²) in [7, 11) is 0. The van der Waals surface area contributed by atoms with E-state index in [0.717, 1.165) is 16.7 Å². The van der Waals surface area contributed by atoms with Crippen molar-refractivity contribution < 1.29 is 14.8 Å². The third kappa shape index (κ3) is 3.01. The summed E-state index contributed by atoms with van der Waals surface area (Å²) in [4.78, 5) is 37.2. The first-order chi connectivity index (χ1) is 15.0. The van der Waals surface area contributed by atoms with E-state index in [2.05, 4.69) is 5.10 Å². The molecule has 31 heavy (non-hydrogen) atoms. The summed E-state index contributed by atoms with van der Waals surface area (Å²) in [6.07, 6.45) is 2.09. The van der Waals surface area contributed by atoms with Crippen molar-refractivity contribution in [3.05, 3.63) is 90.0 Å². The van der Waals surface area contributed by atoms with Crippen LogP contribution in [0.2, 0.25) is 0 Å². The summed E-state index contributed by atoms with van der Waals surface area (Å²) in [5.74, 6) is -0.695. The molecule has 0 saturated carbocycles. The van der Waals surface area contributed by atoms with Crippen LogP contribution in [0.25, 0.3) is 16.5 Å². The lowest BCUT2D eigenvalue weighted by atomic mass is 9.89. The van der Waals surface area contributed by atoms with E-state index in [-0.39, 0.29) is 28.2 Å². The van der Waals surface area contributed by atoms with Gasteiger partial charge in [-0.3, -0.25) is 19.7 Å². The highest BCUT2D eigenvalue weighted by Gasteiger charge is 2.26. The Balaban J connectivity index is 1.78. The van der Waals surface area contributed by atoms with Crippen LogP contribution < -0.4 is 5.56 Å². The number of carbonyl (C=O) groups excluding carboxylic acids is 1. The number of aromatic hydroxyl groups is 1. The molecule has 0 fully saturated rings. The summed E-state index contributed by atoms with van der Waals surface area (Å²) < 4.78 is 1.13. The number of carbonyl (C=O) groups is 1. The van der Waals surface area contributed by atoms with Crippen molar-refractivity contribution >= 4 is 33.6 Å². The molecule has 0 saturated heterocycles. The topological polar surface area (TPSA) is 115 Å². The average Bonchev–Trinajstić information content (AvgIpc) is 3.31. The Morgan fingerprint density at radius 3 is 2.61 bits per heavy atom. The van der Waals surface area contributed by atoms with E-state index in [1.54, 1.807) is 23.6 Å². The second-order valence-corrected chi connectivity index (χ2v) is 8.23. The number of phenolic OH excluding ortho intramolecular Hbond substituents is 1. The third-order valence-electron chi connectivity index (χ3n) is 5.45. The molecule has 2 aromatic heterocycles. The number of nitrogens with zero attached hydrogens (tertiary/aromatic N) is 3. The summed E-state index contributed by atoms with van der Waals surface area (Å²) in [6, 6.07) is 10.6. The number of aromatic nitrogens is 2. The van der Waals surface area contributed by atoms with Crippen molar-refractivity contribution in [3.63, 3.8) is 0 Å². The second kappa shape index (κ2) is 7.13. The van der Waals surface area contributed by atoms with Crippen LogP contribution in [0.5, 0.6) is 5.75 Å². The highest BCUT2D eigenvalue weighted by atomic mass is 32.1. The Morgan fingerprint density at radius 2 is 1.94 bits per heavy atom. The van der Waals surface area contributed by atoms with E-state index in [9.17, 15) is 24.8 Å². The maximum Gasteiger partial charge on any atom is 0.283 e. The fourth-order valence-corrected chi connectivity index (χ4v) is 4.69. The normalized spacial score (nSPS) is 12.8. The lowest BCUT2D eigenvalue weighted by Gasteiger charge is -2.20. The molecular formula is C22H15N3O5S. The van der Waals surface area contributed by atoms with E-state index in [0.29, 0.717) is 34.5 Å². The first-order valence-electron chi connectivity index (χ1n) is 9.59. The van der Waals surface area contributed by atoms with E-state index >= 15 is 0 Å². The van der Waals surface area contributed by atoms with Gasteiger partial charge in [0, 0.05) is 17.5 Å². The number of thiophene rings is 1. The van der Waals surface area contributed by atoms with Crippen molar-refractivity contribution in [2.45, 2.75) is 19.3 Å². The molecular weight excluding hydrogens is 418 g/mol. The van der Waals surface area contributed by atoms with Gasteiger partial charge in [0.15, 0.2) is 0 Å². The number of non-ortho nitro benzene ring substituents is 1. The van der Waals surface area contributed by atoms with Gasteiger partial charge in [0.1, 0.15) is 5.75 Å². The number of benzene rings is 2. The molecule has 2 aromatic carbocycles. The zero-order chi connectivity index (χ0) is 21.7. The average molecular weight is 433 g/mol. The quantitative estimate of drug-likeness (QED) is 0.297. The third-order valence-corrected chi connectivity index (χ3v) is 6.32. The largest absolute Gasteiger partial charge is 0.506 e. The molecule has 1 N–H and O–H groups in total. The smallest absolute Gasteiger partial charge is 0.283 e. The maximum atomic E-state index is 13.4. The molecule has 0 atom stereocenters. The Bertz CT molecular complexity index is 1420. The molecule has 8 nitrogen and oxygen atoms in total. The SMILES string of the molecule is O=C(c1cccs1)c1cc2c3c(nn(-c4ccc([N+](=O)[O-])cc4)c(=O)c3c1O)CCC2. The van der Waals surface area contributed by atoms with Gasteiger partial charge < -0.3 is 5.11 Å². The lowest BCUT2D eigenvalue weighted by Crippen LogP contribution is -2.25. The molecule has 1 aliphatic rings. The van der Waals surface area contributed by atoms with Crippen molar-refractivity contribution in [2.75, 3.05) is 0 Å². The fourth-order valence-electron chi connectivity index (χ4n) is 4.01. The number of ketones is 1. The maximum absolute atomic E-state index is 13.4. The standard InChI is InChI=1S/C22H15N3O5S/c26-20(17-5-2-10-31-17)15-11-12-3-1-4-16-18(12)19(21(15)27)22(28)24(23-16)13-6-8-14(9-7-13)25(29)30/h2,5-11,27H,1,3-4H2. The van der Waals surface area contributed by atoms with Gasteiger partial charge in [-0.05, 0) is 54.5 Å². The molecule has 5 rings (SSSR count). The Labute approximate surface area is 179 Å². The van der Waals surface area contributed by atoms with Crippen molar-refractivity contribution in [1.29, 1.82) is 0 Å². The van der Waals surface area contributed by atoms with Gasteiger partial charge in [0.05, 0.1) is 32.1 Å². The number of rotatable bonds is 4. The van der Waals surface area contributed by atoms with E-state index in [1.165, 1.54) is 35.6 Å². The number of phenols is 1.